The lowest BCUT2D eigenvalue weighted by atomic mass is 9.84. The average molecular weight is 372 g/mol. The molecule has 1 unspecified atom stereocenters. The smallest absolute Gasteiger partial charge is 0.228 e. The molecule has 1 amide bonds. The van der Waals surface area contributed by atoms with Crippen LogP contribution in [0.5, 0.6) is 0 Å². The van der Waals surface area contributed by atoms with Crippen molar-refractivity contribution in [3.8, 4) is 11.1 Å². The highest BCUT2D eigenvalue weighted by Crippen LogP contribution is 2.33. The number of rotatable bonds is 5. The van der Waals surface area contributed by atoms with Gasteiger partial charge < -0.3 is 9.42 Å². The van der Waals surface area contributed by atoms with Crippen LogP contribution in [-0.4, -0.2) is 28.8 Å². The molecule has 1 heterocycles. The number of hydrogen-bond acceptors (Lipinski definition) is 4. The molecule has 0 saturated heterocycles. The van der Waals surface area contributed by atoms with Crippen LogP contribution in [0.3, 0.4) is 0 Å². The van der Waals surface area contributed by atoms with Crippen molar-refractivity contribution in [3.63, 3.8) is 0 Å². The minimum atomic E-state index is -0.0334. The Labute approximate surface area is 163 Å². The van der Waals surface area contributed by atoms with Gasteiger partial charge in [0.1, 0.15) is 5.76 Å². The molecule has 2 aromatic rings. The number of carbonyl (C=O) groups excluding carboxylic acids is 1. The molecule has 0 bridgehead atoms. The van der Waals surface area contributed by atoms with Crippen LogP contribution in [0.25, 0.3) is 11.1 Å². The molecule has 27 heavy (non-hydrogen) atoms. The maximum absolute atomic E-state index is 12.5. The molecule has 148 valence electrons. The topological polar surface area (TPSA) is 70.2 Å². The lowest BCUT2D eigenvalue weighted by Gasteiger charge is -2.24. The van der Waals surface area contributed by atoms with E-state index in [1.165, 1.54) is 4.90 Å². The fraction of sp³-hybridized carbons (Fsp3) is 0.500. The summed E-state index contributed by atoms with van der Waals surface area (Å²) in [5, 5.41) is 11.7. The molecule has 1 atom stereocenters. The monoisotopic (exact) mass is 371 g/mol. The van der Waals surface area contributed by atoms with E-state index in [0.717, 1.165) is 28.1 Å². The molecule has 0 aliphatic heterocycles. The first-order valence-electron chi connectivity index (χ1n) is 9.57. The van der Waals surface area contributed by atoms with Crippen LogP contribution >= 0.6 is 0 Å². The normalized spacial score (nSPS) is 11.6. The molecule has 0 fully saturated rings. The largest absolute Gasteiger partial charge is 0.361 e. The Morgan fingerprint density at radius 2 is 1.89 bits per heavy atom. The van der Waals surface area contributed by atoms with Crippen molar-refractivity contribution in [1.82, 2.24) is 10.1 Å². The van der Waals surface area contributed by atoms with Crippen molar-refractivity contribution in [1.29, 1.82) is 5.41 Å². The first kappa shape index (κ1) is 22.6. The molecule has 0 saturated carbocycles. The molecule has 1 aromatic heterocycles. The number of nitrogens with zero attached hydrogens (tertiary/aromatic N) is 2. The van der Waals surface area contributed by atoms with Crippen molar-refractivity contribution in [2.75, 3.05) is 7.05 Å². The summed E-state index contributed by atoms with van der Waals surface area (Å²) in [7, 11) is 1.66. The number of amides is 1. The summed E-state index contributed by atoms with van der Waals surface area (Å²) < 4.78 is 5.29. The molecular formula is C22H33N3O2. The van der Waals surface area contributed by atoms with E-state index in [9.17, 15) is 4.79 Å². The molecule has 1 aromatic carbocycles. The second-order valence-corrected chi connectivity index (χ2v) is 6.92. The highest BCUT2D eigenvalue weighted by Gasteiger charge is 2.23. The van der Waals surface area contributed by atoms with Gasteiger partial charge in [-0.25, -0.2) is 0 Å². The average Bonchev–Trinajstić information content (AvgIpc) is 2.98. The van der Waals surface area contributed by atoms with Crippen molar-refractivity contribution in [2.24, 2.45) is 5.92 Å². The van der Waals surface area contributed by atoms with Crippen molar-refractivity contribution in [2.45, 2.75) is 60.8 Å². The zero-order valence-corrected chi connectivity index (χ0v) is 17.9. The van der Waals surface area contributed by atoms with Gasteiger partial charge in [0, 0.05) is 19.0 Å². The number of hydrogen-bond donors (Lipinski definition) is 1. The number of aryl methyl sites for hydroxylation is 2. The van der Waals surface area contributed by atoms with E-state index in [2.05, 4.69) is 31.1 Å². The predicted octanol–water partition coefficient (Wildman–Crippen LogP) is 5.57. The van der Waals surface area contributed by atoms with Crippen LogP contribution in [0.15, 0.2) is 28.8 Å². The van der Waals surface area contributed by atoms with Crippen molar-refractivity contribution >= 4 is 11.7 Å². The first-order chi connectivity index (χ1) is 12.7. The van der Waals surface area contributed by atoms with Crippen LogP contribution in [-0.2, 0) is 4.79 Å². The number of amidine groups is 1. The van der Waals surface area contributed by atoms with Crippen LogP contribution in [0.1, 0.15) is 64.0 Å². The highest BCUT2D eigenvalue weighted by atomic mass is 16.5. The number of benzene rings is 1. The Morgan fingerprint density at radius 3 is 2.37 bits per heavy atom. The van der Waals surface area contributed by atoms with E-state index in [1.807, 2.05) is 39.8 Å². The van der Waals surface area contributed by atoms with Gasteiger partial charge in [-0.1, -0.05) is 57.1 Å². The van der Waals surface area contributed by atoms with Crippen LogP contribution in [0.4, 0.5) is 0 Å². The molecular weight excluding hydrogens is 338 g/mol. The van der Waals surface area contributed by atoms with Gasteiger partial charge in [0.2, 0.25) is 5.91 Å². The van der Waals surface area contributed by atoms with Gasteiger partial charge in [0.05, 0.1) is 11.5 Å². The molecule has 5 nitrogen and oxygen atoms in total. The van der Waals surface area contributed by atoms with Gasteiger partial charge in [-0.3, -0.25) is 10.2 Å². The summed E-state index contributed by atoms with van der Waals surface area (Å²) in [6.07, 6.45) is 0.384. The SMILES string of the molecule is CC.CC(=N)N(C)C(=O)CC(c1cccc(-c2c(C)noc2C)c1)C(C)C. The van der Waals surface area contributed by atoms with Gasteiger partial charge in [-0.05, 0) is 43.7 Å². The van der Waals surface area contributed by atoms with Crippen LogP contribution < -0.4 is 0 Å². The summed E-state index contributed by atoms with van der Waals surface area (Å²) in [6, 6.07) is 8.25. The van der Waals surface area contributed by atoms with E-state index in [0.29, 0.717) is 12.3 Å². The number of aromatic nitrogens is 1. The van der Waals surface area contributed by atoms with Gasteiger partial charge in [-0.15, -0.1) is 0 Å². The lowest BCUT2D eigenvalue weighted by Crippen LogP contribution is -2.32. The van der Waals surface area contributed by atoms with E-state index in [4.69, 9.17) is 9.93 Å². The van der Waals surface area contributed by atoms with E-state index in [-0.39, 0.29) is 17.7 Å². The van der Waals surface area contributed by atoms with Crippen LogP contribution in [0.2, 0.25) is 0 Å². The van der Waals surface area contributed by atoms with Gasteiger partial charge in [-0.2, -0.15) is 0 Å². The third kappa shape index (κ3) is 5.52. The quantitative estimate of drug-likeness (QED) is 0.552. The third-order valence-electron chi connectivity index (χ3n) is 4.71. The van der Waals surface area contributed by atoms with Gasteiger partial charge >= 0.3 is 0 Å². The summed E-state index contributed by atoms with van der Waals surface area (Å²) in [5.41, 5.74) is 4.06. The van der Waals surface area contributed by atoms with Crippen molar-refractivity contribution in [3.05, 3.63) is 41.3 Å². The molecule has 0 aliphatic rings. The fourth-order valence-electron chi connectivity index (χ4n) is 3.07. The first-order valence-corrected chi connectivity index (χ1v) is 9.57. The van der Waals surface area contributed by atoms with Gasteiger partial charge in [0.15, 0.2) is 0 Å². The standard InChI is InChI=1S/C20H27N3O2.C2H6/c1-12(2)18(11-19(24)23(6)15(5)21)16-8-7-9-17(10-16)20-13(3)22-25-14(20)4;1-2/h7-10,12,18,21H,11H2,1-6H3;1-2H3. The molecule has 0 radical (unpaired) electrons. The molecule has 2 rings (SSSR count). The fourth-order valence-corrected chi connectivity index (χ4v) is 3.07. The minimum absolute atomic E-state index is 0.0334. The number of nitrogens with one attached hydrogen (secondary N) is 1. The molecule has 0 spiro atoms. The molecule has 5 heteroatoms. The Kier molecular flexibility index (Phi) is 8.41. The summed E-state index contributed by atoms with van der Waals surface area (Å²) in [6.45, 7) is 13.7. The maximum atomic E-state index is 12.5. The van der Waals surface area contributed by atoms with E-state index < -0.39 is 0 Å². The predicted molar refractivity (Wildman–Crippen MR) is 111 cm³/mol. The lowest BCUT2D eigenvalue weighted by molar-refractivity contribution is -0.127. The molecule has 0 aliphatic carbocycles. The second kappa shape index (κ2) is 10.0. The summed E-state index contributed by atoms with van der Waals surface area (Å²) in [5.74, 6) is 1.43. The second-order valence-electron chi connectivity index (χ2n) is 6.92. The Bertz CT molecular complexity index is 758. The Hall–Kier alpha value is -2.43. The third-order valence-corrected chi connectivity index (χ3v) is 4.71. The number of carbonyl (C=O) groups is 1. The zero-order valence-electron chi connectivity index (χ0n) is 17.9. The van der Waals surface area contributed by atoms with Gasteiger partial charge in [0.25, 0.3) is 0 Å². The van der Waals surface area contributed by atoms with Crippen molar-refractivity contribution < 1.29 is 9.32 Å². The summed E-state index contributed by atoms with van der Waals surface area (Å²) in [4.78, 5) is 13.9. The van der Waals surface area contributed by atoms with E-state index in [1.54, 1.807) is 14.0 Å². The summed E-state index contributed by atoms with van der Waals surface area (Å²) >= 11 is 0. The van der Waals surface area contributed by atoms with E-state index >= 15 is 0 Å². The minimum Gasteiger partial charge on any atom is -0.361 e. The zero-order chi connectivity index (χ0) is 20.7. The highest BCUT2D eigenvalue weighted by molar-refractivity contribution is 5.95. The maximum Gasteiger partial charge on any atom is 0.228 e. The molecule has 1 N–H and O–H groups in total. The Morgan fingerprint density at radius 1 is 1.26 bits per heavy atom. The Balaban J connectivity index is 0.00000176. The van der Waals surface area contributed by atoms with Crippen LogP contribution in [0, 0.1) is 25.2 Å².